The molecule has 2 aromatic carbocycles. The fourth-order valence-electron chi connectivity index (χ4n) is 2.19. The highest BCUT2D eigenvalue weighted by atomic mass is 19.4. The van der Waals surface area contributed by atoms with E-state index in [1.54, 1.807) is 6.21 Å². The Hall–Kier alpha value is -3.35. The first kappa shape index (κ1) is 18.4. The molecule has 4 nitrogen and oxygen atoms in total. The van der Waals surface area contributed by atoms with Crippen molar-refractivity contribution in [2.24, 2.45) is 5.10 Å². The van der Waals surface area contributed by atoms with E-state index < -0.39 is 11.7 Å². The fourth-order valence-corrected chi connectivity index (χ4v) is 2.19. The van der Waals surface area contributed by atoms with Crippen LogP contribution in [0.2, 0.25) is 0 Å². The second kappa shape index (κ2) is 8.35. The van der Waals surface area contributed by atoms with E-state index in [2.05, 4.69) is 15.5 Å². The van der Waals surface area contributed by atoms with Crippen molar-refractivity contribution in [3.05, 3.63) is 89.6 Å². The fraction of sp³-hybridized carbons (Fsp3) is 0.100. The van der Waals surface area contributed by atoms with Crippen LogP contribution in [0.15, 0.2) is 78.0 Å². The van der Waals surface area contributed by atoms with Crippen molar-refractivity contribution >= 4 is 12.0 Å². The van der Waals surface area contributed by atoms with Gasteiger partial charge in [0.2, 0.25) is 0 Å². The zero-order valence-electron chi connectivity index (χ0n) is 14.1. The number of nitrogens with one attached hydrogen (secondary N) is 1. The minimum atomic E-state index is -4.40. The largest absolute Gasteiger partial charge is 0.489 e. The first-order valence-corrected chi connectivity index (χ1v) is 8.10. The topological polar surface area (TPSA) is 46.5 Å². The maximum Gasteiger partial charge on any atom is 0.417 e. The number of rotatable bonds is 6. The number of hydrogen-bond acceptors (Lipinski definition) is 4. The van der Waals surface area contributed by atoms with Gasteiger partial charge in [-0.2, -0.15) is 18.3 Å². The van der Waals surface area contributed by atoms with E-state index in [0.29, 0.717) is 6.61 Å². The molecule has 0 aliphatic rings. The van der Waals surface area contributed by atoms with Gasteiger partial charge in [-0.1, -0.05) is 30.3 Å². The van der Waals surface area contributed by atoms with Crippen molar-refractivity contribution in [3.8, 4) is 5.75 Å². The Morgan fingerprint density at radius 1 is 0.963 bits per heavy atom. The van der Waals surface area contributed by atoms with Crippen LogP contribution in [0.4, 0.5) is 19.0 Å². The molecule has 27 heavy (non-hydrogen) atoms. The standard InChI is InChI=1S/C20H16F3N3O/c21-20(22,23)17-8-11-19(24-13-17)26-25-12-15-6-9-18(10-7-15)27-14-16-4-2-1-3-5-16/h1-13H,14H2,(H,24,26)/b25-12-. The third kappa shape index (κ3) is 5.57. The van der Waals surface area contributed by atoms with Crippen LogP contribution >= 0.6 is 0 Å². The summed E-state index contributed by atoms with van der Waals surface area (Å²) in [5.41, 5.74) is 3.68. The van der Waals surface area contributed by atoms with Crippen molar-refractivity contribution in [2.75, 3.05) is 5.43 Å². The molecule has 0 unspecified atom stereocenters. The third-order valence-electron chi connectivity index (χ3n) is 3.61. The van der Waals surface area contributed by atoms with Crippen molar-refractivity contribution in [1.29, 1.82) is 0 Å². The average molecular weight is 371 g/mol. The lowest BCUT2D eigenvalue weighted by atomic mass is 10.2. The van der Waals surface area contributed by atoms with E-state index in [1.807, 2.05) is 54.6 Å². The molecule has 0 aliphatic carbocycles. The van der Waals surface area contributed by atoms with Gasteiger partial charge in [-0.15, -0.1) is 0 Å². The van der Waals surface area contributed by atoms with Crippen LogP contribution in [0.25, 0.3) is 0 Å². The van der Waals surface area contributed by atoms with Gasteiger partial charge in [-0.3, -0.25) is 5.43 Å². The number of aromatic nitrogens is 1. The van der Waals surface area contributed by atoms with E-state index >= 15 is 0 Å². The summed E-state index contributed by atoms with van der Waals surface area (Å²) in [6.07, 6.45) is -2.10. The molecule has 3 aromatic rings. The second-order valence-electron chi connectivity index (χ2n) is 5.64. The lowest BCUT2D eigenvalue weighted by molar-refractivity contribution is -0.137. The monoisotopic (exact) mass is 371 g/mol. The number of pyridine rings is 1. The molecule has 0 atom stereocenters. The van der Waals surface area contributed by atoms with Gasteiger partial charge in [0.15, 0.2) is 0 Å². The zero-order valence-corrected chi connectivity index (χ0v) is 14.1. The van der Waals surface area contributed by atoms with Crippen LogP contribution in [-0.4, -0.2) is 11.2 Å². The van der Waals surface area contributed by atoms with Crippen molar-refractivity contribution in [1.82, 2.24) is 4.98 Å². The molecule has 0 aliphatic heterocycles. The summed E-state index contributed by atoms with van der Waals surface area (Å²) in [4.78, 5) is 3.68. The van der Waals surface area contributed by atoms with Crippen molar-refractivity contribution < 1.29 is 17.9 Å². The van der Waals surface area contributed by atoms with Gasteiger partial charge in [0.25, 0.3) is 0 Å². The lowest BCUT2D eigenvalue weighted by Gasteiger charge is -2.07. The molecule has 138 valence electrons. The van der Waals surface area contributed by atoms with Crippen LogP contribution in [0.5, 0.6) is 5.75 Å². The van der Waals surface area contributed by atoms with Crippen LogP contribution in [0, 0.1) is 0 Å². The van der Waals surface area contributed by atoms with Gasteiger partial charge in [0.1, 0.15) is 18.2 Å². The maximum atomic E-state index is 12.5. The number of alkyl halides is 3. The van der Waals surface area contributed by atoms with Crippen LogP contribution < -0.4 is 10.2 Å². The van der Waals surface area contributed by atoms with Crippen molar-refractivity contribution in [2.45, 2.75) is 12.8 Å². The van der Waals surface area contributed by atoms with Crippen LogP contribution in [-0.2, 0) is 12.8 Å². The summed E-state index contributed by atoms with van der Waals surface area (Å²) in [7, 11) is 0. The Morgan fingerprint density at radius 2 is 1.70 bits per heavy atom. The quantitative estimate of drug-likeness (QED) is 0.483. The molecular formula is C20H16F3N3O. The molecular weight excluding hydrogens is 355 g/mol. The number of hydrogen-bond donors (Lipinski definition) is 1. The van der Waals surface area contributed by atoms with Gasteiger partial charge < -0.3 is 4.74 Å². The van der Waals surface area contributed by atoms with E-state index in [0.717, 1.165) is 29.1 Å². The molecule has 0 spiro atoms. The normalized spacial score (nSPS) is 11.5. The molecule has 0 saturated carbocycles. The molecule has 0 amide bonds. The van der Waals surface area contributed by atoms with Crippen molar-refractivity contribution in [3.63, 3.8) is 0 Å². The number of anilines is 1. The summed E-state index contributed by atoms with van der Waals surface area (Å²) in [5.74, 6) is 0.954. The highest BCUT2D eigenvalue weighted by Gasteiger charge is 2.30. The Balaban J connectivity index is 1.52. The van der Waals surface area contributed by atoms with E-state index in [-0.39, 0.29) is 5.82 Å². The van der Waals surface area contributed by atoms with Gasteiger partial charge >= 0.3 is 6.18 Å². The third-order valence-corrected chi connectivity index (χ3v) is 3.61. The minimum absolute atomic E-state index is 0.224. The molecule has 0 bridgehead atoms. The second-order valence-corrected chi connectivity index (χ2v) is 5.64. The zero-order chi connectivity index (χ0) is 19.1. The SMILES string of the molecule is FC(F)(F)c1ccc(N/N=C\c2ccc(OCc3ccccc3)cc2)nc1. The number of ether oxygens (including phenoxy) is 1. The van der Waals surface area contributed by atoms with Gasteiger partial charge in [0, 0.05) is 6.20 Å². The maximum absolute atomic E-state index is 12.5. The number of nitrogens with zero attached hydrogens (tertiary/aromatic N) is 2. The first-order valence-electron chi connectivity index (χ1n) is 8.10. The Bertz CT molecular complexity index is 877. The minimum Gasteiger partial charge on any atom is -0.489 e. The summed E-state index contributed by atoms with van der Waals surface area (Å²) in [5, 5.41) is 3.97. The summed E-state index contributed by atoms with van der Waals surface area (Å²) in [6.45, 7) is 0.482. The lowest BCUT2D eigenvalue weighted by Crippen LogP contribution is -2.05. The number of benzene rings is 2. The molecule has 3 rings (SSSR count). The number of hydrazone groups is 1. The van der Waals surface area contributed by atoms with E-state index in [4.69, 9.17) is 4.74 Å². The Labute approximate surface area is 154 Å². The summed E-state index contributed by atoms with van der Waals surface area (Å²) in [6, 6.07) is 19.3. The summed E-state index contributed by atoms with van der Waals surface area (Å²) >= 11 is 0. The van der Waals surface area contributed by atoms with Gasteiger partial charge in [-0.05, 0) is 47.5 Å². The highest BCUT2D eigenvalue weighted by Crippen LogP contribution is 2.28. The predicted octanol–water partition coefficient (Wildman–Crippen LogP) is 5.13. The molecule has 1 N–H and O–H groups in total. The van der Waals surface area contributed by atoms with E-state index in [9.17, 15) is 13.2 Å². The van der Waals surface area contributed by atoms with E-state index in [1.165, 1.54) is 6.07 Å². The summed E-state index contributed by atoms with van der Waals surface area (Å²) < 4.78 is 43.1. The Kier molecular flexibility index (Phi) is 5.71. The molecule has 1 heterocycles. The van der Waals surface area contributed by atoms with Crippen LogP contribution in [0.3, 0.4) is 0 Å². The molecule has 0 radical (unpaired) electrons. The van der Waals surface area contributed by atoms with Crippen LogP contribution in [0.1, 0.15) is 16.7 Å². The molecule has 0 saturated heterocycles. The molecule has 0 fully saturated rings. The first-order chi connectivity index (χ1) is 13.0. The highest BCUT2D eigenvalue weighted by molar-refractivity contribution is 5.80. The van der Waals surface area contributed by atoms with Gasteiger partial charge in [-0.25, -0.2) is 4.98 Å². The molecule has 1 aromatic heterocycles. The predicted molar refractivity (Wildman–Crippen MR) is 97.7 cm³/mol. The Morgan fingerprint density at radius 3 is 2.33 bits per heavy atom. The molecule has 7 heteroatoms. The number of halogens is 3. The smallest absolute Gasteiger partial charge is 0.417 e. The average Bonchev–Trinajstić information content (AvgIpc) is 2.68. The van der Waals surface area contributed by atoms with Gasteiger partial charge in [0.05, 0.1) is 11.8 Å².